The maximum absolute atomic E-state index is 10.5. The predicted molar refractivity (Wildman–Crippen MR) is 56.9 cm³/mol. The minimum atomic E-state index is -0.891. The number of carboxylic acid groups (broad SMARTS) is 1. The quantitative estimate of drug-likeness (QED) is 0.455. The van der Waals surface area contributed by atoms with Gasteiger partial charge in [0.1, 0.15) is 0 Å². The van der Waals surface area contributed by atoms with Crippen molar-refractivity contribution in [1.29, 1.82) is 0 Å². The van der Waals surface area contributed by atoms with E-state index >= 15 is 0 Å². The summed E-state index contributed by atoms with van der Waals surface area (Å²) < 4.78 is 0. The monoisotopic (exact) mass is 224 g/mol. The lowest BCUT2D eigenvalue weighted by Gasteiger charge is -1.92. The highest BCUT2D eigenvalue weighted by atomic mass is 17.1. The van der Waals surface area contributed by atoms with E-state index in [0.29, 0.717) is 5.56 Å². The first-order chi connectivity index (χ1) is 7.61. The fraction of sp³-hybridized carbons (Fsp3) is 0.0909. The molecule has 0 spiro atoms. The number of allylic oxidation sites excluding steroid dienone is 1. The molecule has 0 amide bonds. The van der Waals surface area contributed by atoms with Crippen LogP contribution in [-0.2, 0) is 9.68 Å². The molecule has 0 bridgehead atoms. The number of carbonyl (C=O) groups is 2. The van der Waals surface area contributed by atoms with E-state index in [4.69, 9.17) is 10.4 Å². The summed E-state index contributed by atoms with van der Waals surface area (Å²) in [4.78, 5) is 23.6. The van der Waals surface area contributed by atoms with Gasteiger partial charge in [-0.3, -0.25) is 4.89 Å². The van der Waals surface area contributed by atoms with Crippen molar-refractivity contribution in [2.24, 2.45) is 0 Å². The average molecular weight is 224 g/mol. The molecule has 0 radical (unpaired) electrons. The minimum Gasteiger partial charge on any atom is -0.478 e. The number of hydrogen-bond acceptors (Lipinski definition) is 4. The maximum Gasteiger partial charge on any atom is 0.372 e. The Morgan fingerprint density at radius 1 is 1.25 bits per heavy atom. The normalized spacial score (nSPS) is 9.12. The second kappa shape index (κ2) is 8.19. The van der Waals surface area contributed by atoms with Crippen LogP contribution in [0.4, 0.5) is 0 Å². The van der Waals surface area contributed by atoms with Crippen LogP contribution < -0.4 is 0 Å². The molecular formula is C11H12O5. The number of carboxylic acids is 1. The van der Waals surface area contributed by atoms with E-state index in [9.17, 15) is 9.59 Å². The molecule has 0 aliphatic carbocycles. The van der Waals surface area contributed by atoms with Gasteiger partial charge in [-0.15, -0.1) is 0 Å². The molecule has 5 heteroatoms. The second-order valence-corrected chi connectivity index (χ2v) is 2.58. The number of rotatable bonds is 2. The third kappa shape index (κ3) is 6.33. The fourth-order valence-corrected chi connectivity index (χ4v) is 0.770. The van der Waals surface area contributed by atoms with Crippen LogP contribution in [0.15, 0.2) is 42.5 Å². The zero-order chi connectivity index (χ0) is 12.4. The van der Waals surface area contributed by atoms with Crippen molar-refractivity contribution in [3.63, 3.8) is 0 Å². The van der Waals surface area contributed by atoms with E-state index in [1.807, 2.05) is 0 Å². The van der Waals surface area contributed by atoms with Crippen LogP contribution in [0.3, 0.4) is 0 Å². The maximum atomic E-state index is 10.5. The molecule has 1 rings (SSSR count). The third-order valence-electron chi connectivity index (χ3n) is 1.40. The fourth-order valence-electron chi connectivity index (χ4n) is 0.770. The van der Waals surface area contributed by atoms with Crippen molar-refractivity contribution in [3.8, 4) is 0 Å². The van der Waals surface area contributed by atoms with Crippen LogP contribution in [0.1, 0.15) is 17.3 Å². The van der Waals surface area contributed by atoms with E-state index in [1.165, 1.54) is 6.08 Å². The summed E-state index contributed by atoms with van der Waals surface area (Å²) in [6.07, 6.45) is 2.56. The lowest BCUT2D eigenvalue weighted by atomic mass is 10.2. The largest absolute Gasteiger partial charge is 0.478 e. The first-order valence-electron chi connectivity index (χ1n) is 4.38. The van der Waals surface area contributed by atoms with E-state index in [1.54, 1.807) is 37.3 Å². The molecule has 5 nitrogen and oxygen atoms in total. The predicted octanol–water partition coefficient (Wildman–Crippen LogP) is 1.96. The van der Waals surface area contributed by atoms with Crippen LogP contribution >= 0.6 is 0 Å². The van der Waals surface area contributed by atoms with Crippen molar-refractivity contribution in [3.05, 3.63) is 48.0 Å². The van der Waals surface area contributed by atoms with Gasteiger partial charge in [-0.25, -0.2) is 9.59 Å². The van der Waals surface area contributed by atoms with Gasteiger partial charge in [-0.1, -0.05) is 24.3 Å². The molecule has 0 unspecified atom stereocenters. The topological polar surface area (TPSA) is 83.8 Å². The Bertz CT molecular complexity index is 356. The molecule has 16 heavy (non-hydrogen) atoms. The summed E-state index contributed by atoms with van der Waals surface area (Å²) in [6.45, 7) is 1.66. The van der Waals surface area contributed by atoms with Crippen molar-refractivity contribution >= 4 is 11.9 Å². The average Bonchev–Trinajstić information content (AvgIpc) is 2.30. The third-order valence-corrected chi connectivity index (χ3v) is 1.40. The Labute approximate surface area is 92.5 Å². The summed E-state index contributed by atoms with van der Waals surface area (Å²) in [5.41, 5.74) is 0.338. The highest BCUT2D eigenvalue weighted by Gasteiger charge is 2.02. The lowest BCUT2D eigenvalue weighted by molar-refractivity contribution is -0.182. The first-order valence-corrected chi connectivity index (χ1v) is 4.38. The van der Waals surface area contributed by atoms with E-state index in [2.05, 4.69) is 4.89 Å². The van der Waals surface area contributed by atoms with Crippen LogP contribution in [0, 0.1) is 0 Å². The molecule has 2 N–H and O–H groups in total. The Hall–Kier alpha value is -2.14. The number of carbonyl (C=O) groups excluding carboxylic acids is 1. The van der Waals surface area contributed by atoms with Gasteiger partial charge in [0.15, 0.2) is 0 Å². The molecule has 0 aromatic heterocycles. The van der Waals surface area contributed by atoms with Gasteiger partial charge in [-0.05, 0) is 19.1 Å². The van der Waals surface area contributed by atoms with Gasteiger partial charge in [0.05, 0.1) is 5.56 Å². The highest BCUT2D eigenvalue weighted by Crippen LogP contribution is 1.98. The smallest absolute Gasteiger partial charge is 0.372 e. The lowest BCUT2D eigenvalue weighted by Crippen LogP contribution is -2.00. The van der Waals surface area contributed by atoms with Gasteiger partial charge < -0.3 is 5.11 Å². The molecule has 86 valence electrons. The Kier molecular flexibility index (Phi) is 7.10. The molecule has 1 aromatic rings. The van der Waals surface area contributed by atoms with Gasteiger partial charge in [0.25, 0.3) is 0 Å². The standard InChI is InChI=1S/C7H6O3.C4H6O2/c8-7(10-9)6-4-2-1-3-5-6;1-2-3-4(5)6/h1-5,9H;2-3H,1H3,(H,5,6). The van der Waals surface area contributed by atoms with Crippen molar-refractivity contribution < 1.29 is 24.8 Å². The first kappa shape index (κ1) is 13.9. The summed E-state index contributed by atoms with van der Waals surface area (Å²) in [5.74, 6) is -1.63. The minimum absolute atomic E-state index is 0.338. The molecule has 1 aromatic carbocycles. The molecular weight excluding hydrogens is 212 g/mol. The molecule has 0 aliphatic heterocycles. The molecule has 0 heterocycles. The van der Waals surface area contributed by atoms with Crippen molar-refractivity contribution in [2.45, 2.75) is 6.92 Å². The van der Waals surface area contributed by atoms with Crippen molar-refractivity contribution in [1.82, 2.24) is 0 Å². The van der Waals surface area contributed by atoms with Gasteiger partial charge in [-0.2, -0.15) is 5.26 Å². The zero-order valence-corrected chi connectivity index (χ0v) is 8.66. The Morgan fingerprint density at radius 2 is 1.81 bits per heavy atom. The second-order valence-electron chi connectivity index (χ2n) is 2.58. The van der Waals surface area contributed by atoms with Gasteiger partial charge in [0, 0.05) is 6.08 Å². The van der Waals surface area contributed by atoms with Crippen LogP contribution in [0.5, 0.6) is 0 Å². The summed E-state index contributed by atoms with van der Waals surface area (Å²) >= 11 is 0. The zero-order valence-electron chi connectivity index (χ0n) is 8.66. The number of benzene rings is 1. The van der Waals surface area contributed by atoms with E-state index in [-0.39, 0.29) is 0 Å². The highest BCUT2D eigenvalue weighted by molar-refractivity contribution is 5.88. The summed E-state index contributed by atoms with van der Waals surface area (Å²) in [7, 11) is 0. The number of hydrogen-bond donors (Lipinski definition) is 2. The molecule has 0 saturated carbocycles. The van der Waals surface area contributed by atoms with E-state index in [0.717, 1.165) is 6.08 Å². The molecule has 0 atom stereocenters. The molecule has 0 fully saturated rings. The van der Waals surface area contributed by atoms with Gasteiger partial charge >= 0.3 is 11.9 Å². The Morgan fingerprint density at radius 3 is 2.12 bits per heavy atom. The molecule has 0 saturated heterocycles. The van der Waals surface area contributed by atoms with Crippen molar-refractivity contribution in [2.75, 3.05) is 0 Å². The van der Waals surface area contributed by atoms with Gasteiger partial charge in [0.2, 0.25) is 0 Å². The molecule has 0 aliphatic rings. The van der Waals surface area contributed by atoms with Crippen LogP contribution in [0.25, 0.3) is 0 Å². The van der Waals surface area contributed by atoms with Crippen LogP contribution in [0.2, 0.25) is 0 Å². The van der Waals surface area contributed by atoms with E-state index < -0.39 is 11.9 Å². The van der Waals surface area contributed by atoms with Crippen LogP contribution in [-0.4, -0.2) is 22.3 Å². The summed E-state index contributed by atoms with van der Waals surface area (Å²) in [5, 5.41) is 15.8. The SMILES string of the molecule is CC=CC(=O)O.O=C(OO)c1ccccc1. The Balaban J connectivity index is 0.000000325. The summed E-state index contributed by atoms with van der Waals surface area (Å²) in [6, 6.07) is 8.25. The number of aliphatic carboxylic acids is 1.